The minimum absolute atomic E-state index is 0.0765. The van der Waals surface area contributed by atoms with Gasteiger partial charge in [0.05, 0.1) is 5.66 Å². The lowest BCUT2D eigenvalue weighted by atomic mass is 9.92. The lowest BCUT2D eigenvalue weighted by Crippen LogP contribution is -2.52. The van der Waals surface area contributed by atoms with Gasteiger partial charge >= 0.3 is 0 Å². The monoisotopic (exact) mass is 242 g/mol. The van der Waals surface area contributed by atoms with Gasteiger partial charge in [0.1, 0.15) is 0 Å². The average molecular weight is 242 g/mol. The summed E-state index contributed by atoms with van der Waals surface area (Å²) in [5.41, 5.74) is 1.25. The van der Waals surface area contributed by atoms with Crippen LogP contribution in [0.2, 0.25) is 0 Å². The molecule has 0 atom stereocenters. The van der Waals surface area contributed by atoms with Crippen molar-refractivity contribution in [3.63, 3.8) is 0 Å². The Morgan fingerprint density at radius 1 is 1.17 bits per heavy atom. The fraction of sp³-hybridized carbons (Fsp3) is 0.267. The van der Waals surface area contributed by atoms with Crippen molar-refractivity contribution in [2.24, 2.45) is 0 Å². The van der Waals surface area contributed by atoms with E-state index in [1.807, 2.05) is 62.7 Å². The van der Waals surface area contributed by atoms with Gasteiger partial charge < -0.3 is 0 Å². The minimum atomic E-state index is -0.236. The van der Waals surface area contributed by atoms with Gasteiger partial charge in [-0.05, 0) is 20.2 Å². The molecule has 2 rings (SSSR count). The van der Waals surface area contributed by atoms with E-state index in [1.54, 1.807) is 0 Å². The van der Waals surface area contributed by atoms with Crippen LogP contribution in [0, 0.1) is 0 Å². The molecule has 0 aromatic heterocycles. The van der Waals surface area contributed by atoms with Crippen LogP contribution in [0.3, 0.4) is 0 Å². The standard InChI is InChI=1S/C15H18N2O/c1-16-15(17-2)10-8-13(9-11-15)14(18)12-6-4-3-5-7-12/h3-10,16-17H,11H2,1-2H3. The lowest BCUT2D eigenvalue weighted by molar-refractivity contribution is 0.103. The second-order valence-electron chi connectivity index (χ2n) is 4.36. The molecule has 0 radical (unpaired) electrons. The first-order valence-electron chi connectivity index (χ1n) is 6.08. The van der Waals surface area contributed by atoms with Gasteiger partial charge in [0.25, 0.3) is 0 Å². The maximum absolute atomic E-state index is 12.2. The van der Waals surface area contributed by atoms with Gasteiger partial charge in [-0.1, -0.05) is 42.5 Å². The van der Waals surface area contributed by atoms with Crippen molar-refractivity contribution in [3.05, 3.63) is 59.7 Å². The molecule has 0 amide bonds. The van der Waals surface area contributed by atoms with Crippen LogP contribution < -0.4 is 10.6 Å². The average Bonchev–Trinajstić information content (AvgIpc) is 2.47. The van der Waals surface area contributed by atoms with Crippen molar-refractivity contribution in [1.82, 2.24) is 10.6 Å². The summed E-state index contributed by atoms with van der Waals surface area (Å²) < 4.78 is 0. The SMILES string of the molecule is CNC1(NC)C=CC(C(=O)c2ccccc2)=CC1. The van der Waals surface area contributed by atoms with Crippen molar-refractivity contribution < 1.29 is 4.79 Å². The molecule has 1 aromatic carbocycles. The summed E-state index contributed by atoms with van der Waals surface area (Å²) in [6, 6.07) is 9.36. The number of ketones is 1. The van der Waals surface area contributed by atoms with Gasteiger partial charge in [0, 0.05) is 17.6 Å². The van der Waals surface area contributed by atoms with E-state index < -0.39 is 0 Å². The van der Waals surface area contributed by atoms with Gasteiger partial charge in [0.15, 0.2) is 5.78 Å². The van der Waals surface area contributed by atoms with E-state index in [0.717, 1.165) is 17.6 Å². The summed E-state index contributed by atoms with van der Waals surface area (Å²) in [5, 5.41) is 6.43. The molecule has 1 aromatic rings. The van der Waals surface area contributed by atoms with Gasteiger partial charge in [-0.3, -0.25) is 15.4 Å². The highest BCUT2D eigenvalue weighted by atomic mass is 16.1. The van der Waals surface area contributed by atoms with E-state index in [0.29, 0.717) is 0 Å². The van der Waals surface area contributed by atoms with E-state index in [4.69, 9.17) is 0 Å². The third kappa shape index (κ3) is 2.42. The third-order valence-electron chi connectivity index (χ3n) is 3.38. The van der Waals surface area contributed by atoms with Crippen LogP contribution in [-0.2, 0) is 0 Å². The second kappa shape index (κ2) is 5.29. The highest BCUT2D eigenvalue weighted by Gasteiger charge is 2.25. The van der Waals surface area contributed by atoms with E-state index in [2.05, 4.69) is 10.6 Å². The number of carbonyl (C=O) groups is 1. The zero-order valence-electron chi connectivity index (χ0n) is 10.7. The normalized spacial score (nSPS) is 17.3. The number of hydrogen-bond donors (Lipinski definition) is 2. The molecule has 0 aliphatic heterocycles. The van der Waals surface area contributed by atoms with Crippen LogP contribution >= 0.6 is 0 Å². The highest BCUT2D eigenvalue weighted by Crippen LogP contribution is 2.20. The fourth-order valence-corrected chi connectivity index (χ4v) is 2.06. The second-order valence-corrected chi connectivity index (χ2v) is 4.36. The molecular weight excluding hydrogens is 224 g/mol. The zero-order chi connectivity index (χ0) is 13.0. The Morgan fingerprint density at radius 3 is 2.33 bits per heavy atom. The van der Waals surface area contributed by atoms with Crippen LogP contribution in [0.4, 0.5) is 0 Å². The van der Waals surface area contributed by atoms with Crippen LogP contribution in [0.1, 0.15) is 16.8 Å². The molecule has 0 unspecified atom stereocenters. The number of rotatable bonds is 4. The Hall–Kier alpha value is -1.71. The summed E-state index contributed by atoms with van der Waals surface area (Å²) >= 11 is 0. The summed E-state index contributed by atoms with van der Waals surface area (Å²) in [6.45, 7) is 0. The van der Waals surface area contributed by atoms with Crippen molar-refractivity contribution >= 4 is 5.78 Å². The topological polar surface area (TPSA) is 41.1 Å². The van der Waals surface area contributed by atoms with Crippen LogP contribution in [0.25, 0.3) is 0 Å². The van der Waals surface area contributed by atoms with Crippen LogP contribution in [0.5, 0.6) is 0 Å². The Kier molecular flexibility index (Phi) is 3.75. The van der Waals surface area contributed by atoms with Crippen molar-refractivity contribution in [2.75, 3.05) is 14.1 Å². The molecule has 1 aliphatic carbocycles. The first-order valence-corrected chi connectivity index (χ1v) is 6.08. The van der Waals surface area contributed by atoms with Gasteiger partial charge in [0.2, 0.25) is 0 Å². The van der Waals surface area contributed by atoms with Gasteiger partial charge in [-0.15, -0.1) is 0 Å². The maximum Gasteiger partial charge on any atom is 0.192 e. The molecule has 0 heterocycles. The quantitative estimate of drug-likeness (QED) is 0.626. The lowest BCUT2D eigenvalue weighted by Gasteiger charge is -2.31. The summed E-state index contributed by atoms with van der Waals surface area (Å²) in [4.78, 5) is 12.2. The molecular formula is C15H18N2O. The van der Waals surface area contributed by atoms with E-state index >= 15 is 0 Å². The van der Waals surface area contributed by atoms with Gasteiger partial charge in [-0.25, -0.2) is 0 Å². The first-order chi connectivity index (χ1) is 8.71. The first kappa shape index (κ1) is 12.7. The number of benzene rings is 1. The Balaban J connectivity index is 2.17. The molecule has 3 heteroatoms. The molecule has 3 nitrogen and oxygen atoms in total. The van der Waals surface area contributed by atoms with Gasteiger partial charge in [-0.2, -0.15) is 0 Å². The molecule has 0 bridgehead atoms. The van der Waals surface area contributed by atoms with Crippen molar-refractivity contribution in [2.45, 2.75) is 12.1 Å². The van der Waals surface area contributed by atoms with Crippen molar-refractivity contribution in [1.29, 1.82) is 0 Å². The van der Waals surface area contributed by atoms with Crippen LogP contribution in [-0.4, -0.2) is 25.5 Å². The fourth-order valence-electron chi connectivity index (χ4n) is 2.06. The van der Waals surface area contributed by atoms with E-state index in [-0.39, 0.29) is 11.4 Å². The Morgan fingerprint density at radius 2 is 1.83 bits per heavy atom. The number of allylic oxidation sites excluding steroid dienone is 2. The number of nitrogens with one attached hydrogen (secondary N) is 2. The van der Waals surface area contributed by atoms with Crippen molar-refractivity contribution in [3.8, 4) is 0 Å². The summed E-state index contributed by atoms with van der Waals surface area (Å²) in [6.07, 6.45) is 6.61. The summed E-state index contributed by atoms with van der Waals surface area (Å²) in [5.74, 6) is 0.0765. The number of Topliss-reactive ketones (excluding diaryl/α,β-unsaturated/α-hetero) is 1. The third-order valence-corrected chi connectivity index (χ3v) is 3.38. The molecule has 2 N–H and O–H groups in total. The zero-order valence-corrected chi connectivity index (χ0v) is 10.7. The molecule has 0 saturated carbocycles. The number of likely N-dealkylation sites (N-methyl/N-ethyl adjacent to an activating group) is 2. The molecule has 94 valence electrons. The largest absolute Gasteiger partial charge is 0.299 e. The number of carbonyl (C=O) groups excluding carboxylic acids is 1. The number of hydrogen-bond acceptors (Lipinski definition) is 3. The molecule has 18 heavy (non-hydrogen) atoms. The highest BCUT2D eigenvalue weighted by molar-refractivity contribution is 6.10. The summed E-state index contributed by atoms with van der Waals surface area (Å²) in [7, 11) is 3.80. The van der Waals surface area contributed by atoms with E-state index in [9.17, 15) is 4.79 Å². The predicted octanol–water partition coefficient (Wildman–Crippen LogP) is 1.89. The van der Waals surface area contributed by atoms with Crippen LogP contribution in [0.15, 0.2) is 54.1 Å². The minimum Gasteiger partial charge on any atom is -0.299 e. The molecule has 0 spiro atoms. The predicted molar refractivity (Wildman–Crippen MR) is 73.5 cm³/mol. The maximum atomic E-state index is 12.2. The Labute approximate surface area is 108 Å². The van der Waals surface area contributed by atoms with E-state index in [1.165, 1.54) is 0 Å². The Bertz CT molecular complexity index is 484. The smallest absolute Gasteiger partial charge is 0.192 e. The molecule has 1 aliphatic rings. The molecule has 0 fully saturated rings. The molecule has 0 saturated heterocycles.